The summed E-state index contributed by atoms with van der Waals surface area (Å²) in [7, 11) is 1.63. The minimum atomic E-state index is -0.339. The molecule has 0 bridgehead atoms. The summed E-state index contributed by atoms with van der Waals surface area (Å²) in [6.45, 7) is 1.15. The van der Waals surface area contributed by atoms with Crippen LogP contribution < -0.4 is 9.47 Å². The number of halogens is 1. The van der Waals surface area contributed by atoms with Crippen molar-refractivity contribution in [2.24, 2.45) is 0 Å². The fourth-order valence-electron chi connectivity index (χ4n) is 3.83. The van der Waals surface area contributed by atoms with Crippen molar-refractivity contribution in [1.29, 1.82) is 0 Å². The Morgan fingerprint density at radius 1 is 1.13 bits per heavy atom. The molecule has 2 heterocycles. The molecule has 4 rings (SSSR count). The summed E-state index contributed by atoms with van der Waals surface area (Å²) in [5, 5.41) is 0. The average Bonchev–Trinajstić information content (AvgIpc) is 2.83. The normalized spacial score (nSPS) is 16.1. The molecule has 1 fully saturated rings. The van der Waals surface area contributed by atoms with Gasteiger partial charge in [-0.05, 0) is 49.2 Å². The Labute approximate surface area is 180 Å². The number of carbonyl (C=O) groups excluding carboxylic acids is 1. The van der Waals surface area contributed by atoms with Gasteiger partial charge in [0.2, 0.25) is 0 Å². The maximum atomic E-state index is 13.0. The topological polar surface area (TPSA) is 64.6 Å². The van der Waals surface area contributed by atoms with Crippen LogP contribution in [-0.4, -0.2) is 47.6 Å². The van der Waals surface area contributed by atoms with Crippen LogP contribution in [0.2, 0.25) is 0 Å². The van der Waals surface area contributed by atoms with Crippen LogP contribution in [0.1, 0.15) is 24.5 Å². The number of ether oxygens (including phenoxy) is 2. The fourth-order valence-corrected chi connectivity index (χ4v) is 3.83. The van der Waals surface area contributed by atoms with Gasteiger partial charge in [0.1, 0.15) is 17.3 Å². The van der Waals surface area contributed by atoms with Crippen LogP contribution in [0.15, 0.2) is 60.9 Å². The summed E-state index contributed by atoms with van der Waals surface area (Å²) in [6.07, 6.45) is 5.18. The lowest BCUT2D eigenvalue weighted by molar-refractivity contribution is -0.134. The number of likely N-dealkylation sites (tertiary alicyclic amines) is 1. The van der Waals surface area contributed by atoms with Crippen molar-refractivity contribution in [3.63, 3.8) is 0 Å². The number of piperidine rings is 1. The highest BCUT2D eigenvalue weighted by molar-refractivity contribution is 5.78. The third-order valence-corrected chi connectivity index (χ3v) is 5.41. The Morgan fingerprint density at radius 2 is 1.94 bits per heavy atom. The summed E-state index contributed by atoms with van der Waals surface area (Å²) in [4.78, 5) is 23.7. The maximum absolute atomic E-state index is 13.0. The summed E-state index contributed by atoms with van der Waals surface area (Å²) >= 11 is 0. The molecule has 0 N–H and O–H groups in total. The quantitative estimate of drug-likeness (QED) is 0.600. The molecule has 1 aromatic heterocycles. The number of hydrogen-bond donors (Lipinski definition) is 0. The smallest absolute Gasteiger partial charge is 0.260 e. The summed E-state index contributed by atoms with van der Waals surface area (Å²) < 4.78 is 23.9. The second kappa shape index (κ2) is 9.55. The monoisotopic (exact) mass is 421 g/mol. The van der Waals surface area contributed by atoms with E-state index in [2.05, 4.69) is 9.97 Å². The van der Waals surface area contributed by atoms with Crippen molar-refractivity contribution in [3.8, 4) is 22.8 Å². The molecule has 1 unspecified atom stereocenters. The predicted octanol–water partition coefficient (Wildman–Crippen LogP) is 4.08. The van der Waals surface area contributed by atoms with Gasteiger partial charge in [0.05, 0.1) is 18.5 Å². The minimum absolute atomic E-state index is 0.0818. The summed E-state index contributed by atoms with van der Waals surface area (Å²) in [6, 6.07) is 13.4. The van der Waals surface area contributed by atoms with Crippen molar-refractivity contribution in [2.75, 3.05) is 26.8 Å². The predicted molar refractivity (Wildman–Crippen MR) is 114 cm³/mol. The van der Waals surface area contributed by atoms with Gasteiger partial charge in [0.15, 0.2) is 6.61 Å². The lowest BCUT2D eigenvalue weighted by atomic mass is 9.91. The van der Waals surface area contributed by atoms with Crippen LogP contribution in [0.25, 0.3) is 11.3 Å². The average molecular weight is 421 g/mol. The van der Waals surface area contributed by atoms with Crippen molar-refractivity contribution < 1.29 is 18.7 Å². The van der Waals surface area contributed by atoms with Crippen LogP contribution in [0.4, 0.5) is 4.39 Å². The number of nitrogens with zero attached hydrogens (tertiary/aromatic N) is 3. The molecule has 160 valence electrons. The number of hydrogen-bond acceptors (Lipinski definition) is 5. The molecule has 0 aliphatic carbocycles. The van der Waals surface area contributed by atoms with Crippen LogP contribution in [0, 0.1) is 5.82 Å². The Hall–Kier alpha value is -3.48. The van der Waals surface area contributed by atoms with E-state index < -0.39 is 0 Å². The van der Waals surface area contributed by atoms with Gasteiger partial charge < -0.3 is 14.4 Å². The zero-order valence-corrected chi connectivity index (χ0v) is 17.3. The molecule has 3 aromatic rings. The zero-order chi connectivity index (χ0) is 21.6. The first-order valence-corrected chi connectivity index (χ1v) is 10.3. The van der Waals surface area contributed by atoms with Crippen molar-refractivity contribution in [2.45, 2.75) is 18.8 Å². The first kappa shape index (κ1) is 20.8. The number of rotatable bonds is 6. The molecular formula is C24H24FN3O3. The number of amides is 1. The molecule has 0 spiro atoms. The Morgan fingerprint density at radius 3 is 2.74 bits per heavy atom. The van der Waals surface area contributed by atoms with Gasteiger partial charge in [-0.25, -0.2) is 4.39 Å². The van der Waals surface area contributed by atoms with E-state index in [4.69, 9.17) is 9.47 Å². The van der Waals surface area contributed by atoms with Crippen molar-refractivity contribution in [1.82, 2.24) is 14.9 Å². The van der Waals surface area contributed by atoms with E-state index in [0.29, 0.717) is 18.8 Å². The summed E-state index contributed by atoms with van der Waals surface area (Å²) in [5.41, 5.74) is 2.63. The van der Waals surface area contributed by atoms with Gasteiger partial charge in [-0.1, -0.05) is 12.1 Å². The van der Waals surface area contributed by atoms with Crippen molar-refractivity contribution >= 4 is 5.91 Å². The van der Waals surface area contributed by atoms with E-state index in [0.717, 1.165) is 35.5 Å². The highest BCUT2D eigenvalue weighted by atomic mass is 19.1. The van der Waals surface area contributed by atoms with Gasteiger partial charge >= 0.3 is 0 Å². The highest BCUT2D eigenvalue weighted by Gasteiger charge is 2.28. The Balaban J connectivity index is 1.47. The third kappa shape index (κ3) is 4.99. The largest absolute Gasteiger partial charge is 0.497 e. The first-order valence-electron chi connectivity index (χ1n) is 10.3. The number of carbonyl (C=O) groups is 1. The molecule has 2 aromatic carbocycles. The van der Waals surface area contributed by atoms with Gasteiger partial charge in [-0.3, -0.25) is 14.8 Å². The molecule has 1 saturated heterocycles. The van der Waals surface area contributed by atoms with Gasteiger partial charge in [0, 0.05) is 37.0 Å². The molecule has 6 nitrogen and oxygen atoms in total. The molecule has 0 radical (unpaired) electrons. The van der Waals surface area contributed by atoms with E-state index in [1.807, 2.05) is 29.2 Å². The van der Waals surface area contributed by atoms with Gasteiger partial charge in [0.25, 0.3) is 5.91 Å². The molecule has 1 atom stereocenters. The van der Waals surface area contributed by atoms with Crippen molar-refractivity contribution in [3.05, 3.63) is 72.4 Å². The fraction of sp³-hybridized carbons (Fsp3) is 0.292. The van der Waals surface area contributed by atoms with Crippen LogP contribution >= 0.6 is 0 Å². The summed E-state index contributed by atoms with van der Waals surface area (Å²) in [5.74, 6) is 0.873. The zero-order valence-electron chi connectivity index (χ0n) is 17.3. The second-order valence-corrected chi connectivity index (χ2v) is 7.44. The Bertz CT molecular complexity index is 1040. The molecule has 1 aliphatic heterocycles. The Kier molecular flexibility index (Phi) is 6.40. The lowest BCUT2D eigenvalue weighted by Crippen LogP contribution is -2.41. The number of aromatic nitrogens is 2. The van der Waals surface area contributed by atoms with Gasteiger partial charge in [-0.15, -0.1) is 0 Å². The molecule has 0 saturated carbocycles. The van der Waals surface area contributed by atoms with E-state index >= 15 is 0 Å². The van der Waals surface area contributed by atoms with E-state index in [1.165, 1.54) is 24.3 Å². The lowest BCUT2D eigenvalue weighted by Gasteiger charge is -2.33. The van der Waals surface area contributed by atoms with E-state index in [-0.39, 0.29) is 24.2 Å². The van der Waals surface area contributed by atoms with E-state index in [1.54, 1.807) is 19.5 Å². The standard InChI is InChI=1S/C24H24FN3O3/c1-30-21-6-2-4-17(14-21)23-24(27-12-11-26-23)18-5-3-13-28(15-18)22(29)16-31-20-9-7-19(25)8-10-20/h2,4,6-12,14,18H,3,5,13,15-16H2,1H3. The first-order chi connectivity index (χ1) is 15.1. The highest BCUT2D eigenvalue weighted by Crippen LogP contribution is 2.33. The van der Waals surface area contributed by atoms with Crippen LogP contribution in [0.3, 0.4) is 0 Å². The van der Waals surface area contributed by atoms with Gasteiger partial charge in [-0.2, -0.15) is 0 Å². The van der Waals surface area contributed by atoms with E-state index in [9.17, 15) is 9.18 Å². The molecule has 1 aliphatic rings. The molecular weight excluding hydrogens is 397 g/mol. The number of methoxy groups -OCH3 is 1. The molecule has 1 amide bonds. The SMILES string of the molecule is COc1cccc(-c2nccnc2C2CCCN(C(=O)COc3ccc(F)cc3)C2)c1. The second-order valence-electron chi connectivity index (χ2n) is 7.44. The third-order valence-electron chi connectivity index (χ3n) is 5.41. The van der Waals surface area contributed by atoms with Crippen LogP contribution in [0.5, 0.6) is 11.5 Å². The molecule has 7 heteroatoms. The molecule has 31 heavy (non-hydrogen) atoms. The van der Waals surface area contributed by atoms with Crippen LogP contribution in [-0.2, 0) is 4.79 Å². The maximum Gasteiger partial charge on any atom is 0.260 e. The minimum Gasteiger partial charge on any atom is -0.497 e. The number of benzene rings is 2.